The van der Waals surface area contributed by atoms with Crippen LogP contribution in [0.25, 0.3) is 0 Å². The Labute approximate surface area is 67.0 Å². The first-order valence-electron chi connectivity index (χ1n) is 2.29. The van der Waals surface area contributed by atoms with Crippen molar-refractivity contribution in [2.45, 2.75) is 6.92 Å². The number of carboxylic acid groups (broad SMARTS) is 1. The number of rotatable bonds is 2. The molecule has 1 N–H and O–H groups in total. The van der Waals surface area contributed by atoms with Crippen LogP contribution in [0, 0.1) is 0 Å². The molecule has 0 unspecified atom stereocenters. The van der Waals surface area contributed by atoms with E-state index in [1.165, 1.54) is 6.08 Å². The van der Waals surface area contributed by atoms with Crippen molar-refractivity contribution in [2.24, 2.45) is 0 Å². The summed E-state index contributed by atoms with van der Waals surface area (Å²) >= 11 is 0. The fourth-order valence-electron chi connectivity index (χ4n) is 0.249. The largest absolute Gasteiger partial charge is 0.478 e. The fourth-order valence-corrected chi connectivity index (χ4v) is 0.249. The van der Waals surface area contributed by atoms with E-state index in [-0.39, 0.29) is 19.5 Å². The Morgan fingerprint density at radius 1 is 1.44 bits per heavy atom. The summed E-state index contributed by atoms with van der Waals surface area (Å²) in [5.41, 5.74) is 0. The zero-order valence-corrected chi connectivity index (χ0v) is 6.76. The van der Waals surface area contributed by atoms with Crippen LogP contribution >= 0.6 is 0 Å². The Balaban J connectivity index is 0. The van der Waals surface area contributed by atoms with E-state index < -0.39 is 5.97 Å². The Kier molecular flexibility index (Phi) is 9.58. The van der Waals surface area contributed by atoms with E-state index in [1.54, 1.807) is 12.2 Å². The molecular weight excluding hydrogens is 205 g/mol. The molecule has 0 aliphatic carbocycles. The summed E-state index contributed by atoms with van der Waals surface area (Å²) in [6.45, 7) is 1.83. The number of hydrogen-bond donors (Lipinski definition) is 1. The molecule has 9 heavy (non-hydrogen) atoms. The summed E-state index contributed by atoms with van der Waals surface area (Å²) in [7, 11) is 0. The molecule has 0 saturated heterocycles. The van der Waals surface area contributed by atoms with Crippen LogP contribution in [-0.2, 0) is 24.3 Å². The average molecular weight is 213 g/mol. The van der Waals surface area contributed by atoms with Crippen molar-refractivity contribution in [3.63, 3.8) is 0 Å². The van der Waals surface area contributed by atoms with Gasteiger partial charge in [0.1, 0.15) is 0 Å². The van der Waals surface area contributed by atoms with Crippen molar-refractivity contribution in [1.29, 1.82) is 0 Å². The van der Waals surface area contributed by atoms with E-state index in [0.29, 0.717) is 0 Å². The quantitative estimate of drug-likeness (QED) is 0.425. The molecule has 0 aromatic heterocycles. The van der Waals surface area contributed by atoms with Crippen LogP contribution in [-0.4, -0.2) is 11.1 Å². The second kappa shape index (κ2) is 7.57. The van der Waals surface area contributed by atoms with Gasteiger partial charge in [-0.2, -0.15) is 0 Å². The second-order valence-corrected chi connectivity index (χ2v) is 1.22. The van der Waals surface area contributed by atoms with Crippen molar-refractivity contribution in [2.75, 3.05) is 0 Å². The minimum atomic E-state index is -0.914. The molecule has 0 rings (SSSR count). The fraction of sp³-hybridized carbons (Fsp3) is 0.167. The summed E-state index contributed by atoms with van der Waals surface area (Å²) < 4.78 is 0. The summed E-state index contributed by atoms with van der Waals surface area (Å²) in [6, 6.07) is 0. The van der Waals surface area contributed by atoms with E-state index in [4.69, 9.17) is 5.11 Å². The van der Waals surface area contributed by atoms with Crippen LogP contribution in [0.5, 0.6) is 0 Å². The molecule has 0 spiro atoms. The van der Waals surface area contributed by atoms with Crippen LogP contribution in [0.3, 0.4) is 0 Å². The van der Waals surface area contributed by atoms with Gasteiger partial charge in [-0.3, -0.25) is 0 Å². The number of carboxylic acids is 1. The third-order valence-corrected chi connectivity index (χ3v) is 0.542. The van der Waals surface area contributed by atoms with Crippen molar-refractivity contribution in [3.8, 4) is 0 Å². The Bertz CT molecular complexity index is 127. The van der Waals surface area contributed by atoms with E-state index in [2.05, 4.69) is 0 Å². The molecule has 0 amide bonds. The second-order valence-electron chi connectivity index (χ2n) is 1.22. The van der Waals surface area contributed by atoms with Crippen molar-refractivity contribution in [3.05, 3.63) is 24.3 Å². The molecule has 0 aromatic rings. The minimum Gasteiger partial charge on any atom is -0.478 e. The molecular formula is C6H8O2Ru. The van der Waals surface area contributed by atoms with E-state index >= 15 is 0 Å². The van der Waals surface area contributed by atoms with Crippen LogP contribution in [0.4, 0.5) is 0 Å². The maximum Gasteiger partial charge on any atom is 0.328 e. The number of aliphatic carboxylic acids is 1. The molecule has 52 valence electrons. The molecule has 0 bridgehead atoms. The number of carbonyl (C=O) groups is 1. The smallest absolute Gasteiger partial charge is 0.328 e. The van der Waals surface area contributed by atoms with Gasteiger partial charge in [0, 0.05) is 25.6 Å². The van der Waals surface area contributed by atoms with Gasteiger partial charge in [0.15, 0.2) is 0 Å². The van der Waals surface area contributed by atoms with Gasteiger partial charge in [0.05, 0.1) is 0 Å². The van der Waals surface area contributed by atoms with Crippen LogP contribution in [0.2, 0.25) is 0 Å². The molecule has 0 aliphatic heterocycles. The predicted octanol–water partition coefficient (Wildman–Crippen LogP) is 1.20. The van der Waals surface area contributed by atoms with Gasteiger partial charge in [-0.25, -0.2) is 4.79 Å². The molecule has 0 aliphatic rings. The summed E-state index contributed by atoms with van der Waals surface area (Å²) in [5.74, 6) is -0.914. The predicted molar refractivity (Wildman–Crippen MR) is 31.6 cm³/mol. The van der Waals surface area contributed by atoms with Gasteiger partial charge in [-0.1, -0.05) is 18.2 Å². The molecule has 0 fully saturated rings. The van der Waals surface area contributed by atoms with E-state index in [1.807, 2.05) is 6.92 Å². The third kappa shape index (κ3) is 11.2. The summed E-state index contributed by atoms with van der Waals surface area (Å²) in [4.78, 5) is 9.75. The number of hydrogen-bond acceptors (Lipinski definition) is 1. The first-order valence-corrected chi connectivity index (χ1v) is 2.29. The Hall–Kier alpha value is -0.427. The van der Waals surface area contributed by atoms with Gasteiger partial charge in [-0.05, 0) is 6.92 Å². The molecule has 0 radical (unpaired) electrons. The molecule has 0 atom stereocenters. The molecule has 0 saturated carbocycles. The Morgan fingerprint density at radius 2 is 2.00 bits per heavy atom. The zero-order valence-electron chi connectivity index (χ0n) is 5.02. The zero-order chi connectivity index (χ0) is 6.41. The standard InChI is InChI=1S/C6H8O2.Ru/c1-2-3-4-5-6(7)8;/h2-5H,1H3,(H,7,8);/b3-2+,5-4+;. The van der Waals surface area contributed by atoms with Crippen LogP contribution in [0.15, 0.2) is 24.3 Å². The Morgan fingerprint density at radius 3 is 2.33 bits per heavy atom. The molecule has 0 heterocycles. The van der Waals surface area contributed by atoms with Gasteiger partial charge in [-0.15, -0.1) is 0 Å². The number of allylic oxidation sites excluding steroid dienone is 3. The molecule has 3 heteroatoms. The van der Waals surface area contributed by atoms with E-state index in [9.17, 15) is 4.79 Å². The van der Waals surface area contributed by atoms with E-state index in [0.717, 1.165) is 6.08 Å². The summed E-state index contributed by atoms with van der Waals surface area (Å²) in [5, 5.41) is 8.02. The SMILES string of the molecule is C/C=C/C=C/C(=O)O.[Ru]. The van der Waals surface area contributed by atoms with Gasteiger partial charge >= 0.3 is 5.97 Å². The van der Waals surface area contributed by atoms with Crippen molar-refractivity contribution in [1.82, 2.24) is 0 Å². The molecule has 0 aromatic carbocycles. The monoisotopic (exact) mass is 214 g/mol. The van der Waals surface area contributed by atoms with Gasteiger partial charge < -0.3 is 5.11 Å². The van der Waals surface area contributed by atoms with Gasteiger partial charge in [0.2, 0.25) is 0 Å². The third-order valence-electron chi connectivity index (χ3n) is 0.542. The maximum atomic E-state index is 9.75. The van der Waals surface area contributed by atoms with Crippen LogP contribution in [0.1, 0.15) is 6.92 Å². The topological polar surface area (TPSA) is 37.3 Å². The van der Waals surface area contributed by atoms with Crippen molar-refractivity contribution >= 4 is 5.97 Å². The first-order chi connectivity index (χ1) is 3.77. The average Bonchev–Trinajstić information content (AvgIpc) is 1.66. The van der Waals surface area contributed by atoms with Gasteiger partial charge in [0.25, 0.3) is 0 Å². The minimum absolute atomic E-state index is 0. The summed E-state index contributed by atoms with van der Waals surface area (Å²) in [6.07, 6.45) is 5.98. The molecule has 2 nitrogen and oxygen atoms in total. The van der Waals surface area contributed by atoms with Crippen LogP contribution < -0.4 is 0 Å². The van der Waals surface area contributed by atoms with Crippen molar-refractivity contribution < 1.29 is 29.4 Å². The normalized spacial score (nSPS) is 9.89. The maximum absolute atomic E-state index is 9.75. The first kappa shape index (κ1) is 11.4.